The number of likely N-dealkylation sites (N-methyl/N-ethyl adjacent to an activating group) is 1. The molecule has 0 aromatic carbocycles. The highest BCUT2D eigenvalue weighted by Gasteiger charge is 2.38. The van der Waals surface area contributed by atoms with Crippen LogP contribution >= 0.6 is 11.3 Å². The Morgan fingerprint density at radius 1 is 1.08 bits per heavy atom. The van der Waals surface area contributed by atoms with Crippen LogP contribution in [0.15, 0.2) is 24.0 Å². The minimum Gasteiger partial charge on any atom is -0.475 e. The first-order valence-electron chi connectivity index (χ1n) is 10.5. The van der Waals surface area contributed by atoms with E-state index in [4.69, 9.17) is 24.5 Å². The largest absolute Gasteiger partial charge is 0.490 e. The van der Waals surface area contributed by atoms with E-state index >= 15 is 0 Å². The predicted octanol–water partition coefficient (Wildman–Crippen LogP) is 2.97. The maximum atomic E-state index is 11.6. The van der Waals surface area contributed by atoms with Crippen LogP contribution in [0.3, 0.4) is 0 Å². The Morgan fingerprint density at radius 2 is 1.66 bits per heavy atom. The molecule has 0 aliphatic carbocycles. The van der Waals surface area contributed by atoms with E-state index in [2.05, 4.69) is 14.9 Å². The zero-order chi connectivity index (χ0) is 29.1. The first kappa shape index (κ1) is 32.7. The Hall–Kier alpha value is -3.31. The normalized spacial score (nSPS) is 13.3. The predicted molar refractivity (Wildman–Crippen MR) is 120 cm³/mol. The number of carboxylic acids is 2. The van der Waals surface area contributed by atoms with Gasteiger partial charge in [0, 0.05) is 51.2 Å². The molecule has 212 valence electrons. The maximum absolute atomic E-state index is 11.6. The number of aromatic nitrogens is 2. The van der Waals surface area contributed by atoms with Gasteiger partial charge in [-0.25, -0.2) is 14.6 Å². The molecule has 0 spiro atoms. The number of alkyl halides is 6. The van der Waals surface area contributed by atoms with Crippen molar-refractivity contribution < 1.29 is 55.7 Å². The van der Waals surface area contributed by atoms with E-state index < -0.39 is 24.3 Å². The fourth-order valence-electron chi connectivity index (χ4n) is 2.79. The van der Waals surface area contributed by atoms with Gasteiger partial charge in [0.25, 0.3) is 0 Å². The van der Waals surface area contributed by atoms with E-state index in [1.54, 1.807) is 25.4 Å². The van der Waals surface area contributed by atoms with Gasteiger partial charge in [-0.3, -0.25) is 14.7 Å². The Bertz CT molecular complexity index is 1040. The molecule has 0 saturated heterocycles. The molecule has 0 radical (unpaired) electrons. The van der Waals surface area contributed by atoms with E-state index in [0.717, 1.165) is 36.6 Å². The molecule has 0 atom stereocenters. The summed E-state index contributed by atoms with van der Waals surface area (Å²) in [7, 11) is 3.46. The second-order valence-corrected chi connectivity index (χ2v) is 8.69. The van der Waals surface area contributed by atoms with E-state index in [1.165, 1.54) is 16.0 Å². The summed E-state index contributed by atoms with van der Waals surface area (Å²) in [5.74, 6) is -5.54. The standard InChI is InChI=1S/C17H22N4O2S.2C2HF3O2/c1-20(2)17(22)12-23-11-14-8-18-7-13-9-21(5-3-15(13)14)10-16-19-4-6-24-16;2*3-2(4,5)1(6)7/h4,6-8H,3,5,9-12H2,1-2H3;2*(H,6,7). The number of amides is 1. The monoisotopic (exact) mass is 574 g/mol. The van der Waals surface area contributed by atoms with Crippen LogP contribution in [-0.2, 0) is 45.2 Å². The van der Waals surface area contributed by atoms with Gasteiger partial charge >= 0.3 is 24.3 Å². The third-order valence-electron chi connectivity index (χ3n) is 4.62. The zero-order valence-corrected chi connectivity index (χ0v) is 20.9. The van der Waals surface area contributed by atoms with Crippen molar-refractivity contribution in [1.82, 2.24) is 19.8 Å². The Labute approximate surface area is 216 Å². The molecular formula is C21H24F6N4O6S. The number of carbonyl (C=O) groups excluding carboxylic acids is 1. The minimum atomic E-state index is -5.08. The van der Waals surface area contributed by atoms with E-state index in [1.807, 2.05) is 24.0 Å². The van der Waals surface area contributed by atoms with Crippen molar-refractivity contribution in [2.24, 2.45) is 0 Å². The summed E-state index contributed by atoms with van der Waals surface area (Å²) in [6, 6.07) is 0. The number of carboxylic acid groups (broad SMARTS) is 2. The number of ether oxygens (including phenoxy) is 1. The number of pyridine rings is 1. The number of fused-ring (bicyclic) bond motifs is 1. The second kappa shape index (κ2) is 14.6. The third kappa shape index (κ3) is 11.8. The molecule has 2 aromatic heterocycles. The smallest absolute Gasteiger partial charge is 0.475 e. The lowest BCUT2D eigenvalue weighted by Crippen LogP contribution is -2.31. The van der Waals surface area contributed by atoms with Gasteiger partial charge in [-0.15, -0.1) is 11.3 Å². The van der Waals surface area contributed by atoms with Crippen LogP contribution in [0.2, 0.25) is 0 Å². The minimum absolute atomic E-state index is 0.0256. The molecule has 0 fully saturated rings. The Balaban J connectivity index is 0.000000426. The third-order valence-corrected chi connectivity index (χ3v) is 5.38. The molecule has 2 N–H and O–H groups in total. The van der Waals surface area contributed by atoms with Crippen LogP contribution in [0.4, 0.5) is 26.3 Å². The highest BCUT2D eigenvalue weighted by Crippen LogP contribution is 2.24. The van der Waals surface area contributed by atoms with Crippen molar-refractivity contribution in [3.8, 4) is 0 Å². The molecule has 3 rings (SSSR count). The van der Waals surface area contributed by atoms with Crippen molar-refractivity contribution in [3.05, 3.63) is 45.7 Å². The lowest BCUT2D eigenvalue weighted by Gasteiger charge is -2.29. The number of halogens is 6. The van der Waals surface area contributed by atoms with Crippen LogP contribution in [-0.4, -0.2) is 87.4 Å². The number of thiazole rings is 1. The van der Waals surface area contributed by atoms with E-state index in [-0.39, 0.29) is 12.5 Å². The lowest BCUT2D eigenvalue weighted by atomic mass is 9.97. The van der Waals surface area contributed by atoms with Gasteiger partial charge in [-0.05, 0) is 23.1 Å². The van der Waals surface area contributed by atoms with Gasteiger partial charge in [0.15, 0.2) is 0 Å². The van der Waals surface area contributed by atoms with Crippen LogP contribution in [0.1, 0.15) is 21.7 Å². The summed E-state index contributed by atoms with van der Waals surface area (Å²) < 4.78 is 69.0. The molecule has 1 aliphatic heterocycles. The fraction of sp³-hybridized carbons (Fsp3) is 0.476. The average Bonchev–Trinajstić information content (AvgIpc) is 3.31. The Kier molecular flexibility index (Phi) is 12.6. The van der Waals surface area contributed by atoms with Crippen LogP contribution in [0.5, 0.6) is 0 Å². The SMILES string of the molecule is CN(C)C(=O)COCc1cncc2c1CCN(Cc1nccs1)C2.O=C(O)C(F)(F)F.O=C(O)C(F)(F)F. The highest BCUT2D eigenvalue weighted by atomic mass is 32.1. The zero-order valence-electron chi connectivity index (χ0n) is 20.0. The van der Waals surface area contributed by atoms with Gasteiger partial charge < -0.3 is 19.8 Å². The van der Waals surface area contributed by atoms with Crippen LogP contribution in [0, 0.1) is 0 Å². The molecule has 1 amide bonds. The van der Waals surface area contributed by atoms with Crippen molar-refractivity contribution in [1.29, 1.82) is 0 Å². The summed E-state index contributed by atoms with van der Waals surface area (Å²) in [5.41, 5.74) is 3.66. The number of nitrogens with zero attached hydrogens (tertiary/aromatic N) is 4. The van der Waals surface area contributed by atoms with Gasteiger partial charge in [0.05, 0.1) is 13.2 Å². The molecule has 1 aliphatic rings. The van der Waals surface area contributed by atoms with E-state index in [9.17, 15) is 31.1 Å². The maximum Gasteiger partial charge on any atom is 0.490 e. The van der Waals surface area contributed by atoms with Gasteiger partial charge in [-0.2, -0.15) is 26.3 Å². The van der Waals surface area contributed by atoms with Crippen LogP contribution in [0.25, 0.3) is 0 Å². The van der Waals surface area contributed by atoms with Crippen molar-refractivity contribution in [3.63, 3.8) is 0 Å². The molecule has 0 saturated carbocycles. The molecule has 0 unspecified atom stereocenters. The number of carbonyl (C=O) groups is 3. The van der Waals surface area contributed by atoms with Crippen molar-refractivity contribution >= 4 is 29.2 Å². The quantitative estimate of drug-likeness (QED) is 0.500. The van der Waals surface area contributed by atoms with E-state index in [0.29, 0.717) is 6.61 Å². The summed E-state index contributed by atoms with van der Waals surface area (Å²) in [4.78, 5) is 42.0. The molecule has 0 bridgehead atoms. The first-order valence-corrected chi connectivity index (χ1v) is 11.3. The second-order valence-electron chi connectivity index (χ2n) is 7.71. The fourth-order valence-corrected chi connectivity index (χ4v) is 3.44. The van der Waals surface area contributed by atoms with Crippen LogP contribution < -0.4 is 0 Å². The van der Waals surface area contributed by atoms with Gasteiger partial charge in [0.2, 0.25) is 5.91 Å². The highest BCUT2D eigenvalue weighted by molar-refractivity contribution is 7.09. The topological polar surface area (TPSA) is 133 Å². The lowest BCUT2D eigenvalue weighted by molar-refractivity contribution is -0.193. The average molecular weight is 575 g/mol. The number of hydrogen-bond donors (Lipinski definition) is 2. The number of hydrogen-bond acceptors (Lipinski definition) is 8. The Morgan fingerprint density at radius 3 is 2.13 bits per heavy atom. The molecule has 2 aromatic rings. The number of aliphatic carboxylic acids is 2. The van der Waals surface area contributed by atoms with Gasteiger partial charge in [0.1, 0.15) is 11.6 Å². The molecular weight excluding hydrogens is 550 g/mol. The van der Waals surface area contributed by atoms with Gasteiger partial charge in [-0.1, -0.05) is 0 Å². The summed E-state index contributed by atoms with van der Waals surface area (Å²) in [5, 5.41) is 17.4. The molecule has 38 heavy (non-hydrogen) atoms. The van der Waals surface area contributed by atoms with Crippen molar-refractivity contribution in [2.75, 3.05) is 27.2 Å². The summed E-state index contributed by atoms with van der Waals surface area (Å²) in [6.07, 6.45) is -3.54. The summed E-state index contributed by atoms with van der Waals surface area (Å²) in [6.45, 7) is 3.30. The number of rotatable bonds is 6. The van der Waals surface area contributed by atoms with Crippen molar-refractivity contribution in [2.45, 2.75) is 38.5 Å². The summed E-state index contributed by atoms with van der Waals surface area (Å²) >= 11 is 1.69. The molecule has 3 heterocycles. The molecule has 10 nitrogen and oxygen atoms in total. The molecule has 17 heteroatoms. The first-order chi connectivity index (χ1) is 17.5.